The van der Waals surface area contributed by atoms with Crippen LogP contribution in [0.3, 0.4) is 0 Å². The minimum Gasteiger partial charge on any atom is -0.144 e. The van der Waals surface area contributed by atoms with Crippen LogP contribution in [0.4, 0.5) is 0 Å². The lowest BCUT2D eigenvalue weighted by molar-refractivity contribution is 0.576. The van der Waals surface area contributed by atoms with Crippen molar-refractivity contribution in [2.24, 2.45) is 0 Å². The van der Waals surface area contributed by atoms with Crippen LogP contribution in [0.2, 0.25) is 0 Å². The first-order valence-corrected chi connectivity index (χ1v) is 18.3. The van der Waals surface area contributed by atoms with Crippen molar-refractivity contribution in [3.8, 4) is 0 Å². The van der Waals surface area contributed by atoms with Crippen LogP contribution in [0, 0.1) is 0 Å². The SMILES string of the molecule is CCCCCCCCCCc1c2ccc3sccc3c2c(CCCCCCCCCC)c2c1ccc1sccc12. The lowest BCUT2D eigenvalue weighted by Crippen LogP contribution is -1.98. The number of benzene rings is 3. The van der Waals surface area contributed by atoms with E-state index in [1.807, 2.05) is 22.7 Å². The number of unbranched alkanes of at least 4 members (excludes halogenated alkanes) is 14. The molecule has 0 aliphatic rings. The summed E-state index contributed by atoms with van der Waals surface area (Å²) in [5.41, 5.74) is 3.24. The lowest BCUT2D eigenvalue weighted by Gasteiger charge is -2.19. The zero-order chi connectivity index (χ0) is 27.6. The van der Waals surface area contributed by atoms with Gasteiger partial charge in [-0.15, -0.1) is 22.7 Å². The Bertz CT molecular complexity index is 1390. The topological polar surface area (TPSA) is 0 Å². The standard InChI is InChI=1S/C38H50S2/c1-3-5-7-9-11-13-15-17-19-29-30-21-23-35-32(25-27-39-35)37(30)34(20-18-16-14-12-10-8-6-4-2)38-31(29)22-24-36-33(38)26-28-40-36/h21-28H,3-20H2,1-2H3. The summed E-state index contributed by atoms with van der Waals surface area (Å²) in [4.78, 5) is 0. The van der Waals surface area contributed by atoms with E-state index in [2.05, 4.69) is 61.0 Å². The highest BCUT2D eigenvalue weighted by Crippen LogP contribution is 2.43. The molecule has 2 heterocycles. The van der Waals surface area contributed by atoms with Crippen molar-refractivity contribution in [2.45, 2.75) is 129 Å². The highest BCUT2D eigenvalue weighted by Gasteiger charge is 2.18. The molecule has 40 heavy (non-hydrogen) atoms. The number of fused-ring (bicyclic) bond motifs is 6. The molecule has 0 bridgehead atoms. The Balaban J connectivity index is 1.45. The number of hydrogen-bond acceptors (Lipinski definition) is 2. The molecule has 0 saturated carbocycles. The fraction of sp³-hybridized carbons (Fsp3) is 0.526. The maximum absolute atomic E-state index is 2.47. The molecule has 5 rings (SSSR count). The monoisotopic (exact) mass is 570 g/mol. The highest BCUT2D eigenvalue weighted by molar-refractivity contribution is 7.17. The Morgan fingerprint density at radius 2 is 0.800 bits per heavy atom. The maximum Gasteiger partial charge on any atom is 0.0349 e. The Kier molecular flexibility index (Phi) is 11.4. The van der Waals surface area contributed by atoms with Gasteiger partial charge in [-0.05, 0) is 93.4 Å². The molecule has 0 spiro atoms. The van der Waals surface area contributed by atoms with Crippen LogP contribution in [0.25, 0.3) is 41.7 Å². The first-order chi connectivity index (χ1) is 19.8. The van der Waals surface area contributed by atoms with Crippen molar-refractivity contribution in [3.05, 3.63) is 58.3 Å². The average Bonchev–Trinajstić information content (AvgIpc) is 3.66. The summed E-state index contributed by atoms with van der Waals surface area (Å²) < 4.78 is 2.89. The molecule has 0 unspecified atom stereocenters. The molecule has 0 amide bonds. The van der Waals surface area contributed by atoms with E-state index in [4.69, 9.17) is 0 Å². The van der Waals surface area contributed by atoms with Gasteiger partial charge in [-0.2, -0.15) is 0 Å². The van der Waals surface area contributed by atoms with Gasteiger partial charge in [0, 0.05) is 20.2 Å². The molecule has 0 saturated heterocycles. The van der Waals surface area contributed by atoms with Crippen molar-refractivity contribution in [1.29, 1.82) is 0 Å². The molecule has 2 aromatic heterocycles. The van der Waals surface area contributed by atoms with E-state index >= 15 is 0 Å². The van der Waals surface area contributed by atoms with Crippen LogP contribution in [0.1, 0.15) is 128 Å². The van der Waals surface area contributed by atoms with Gasteiger partial charge in [0.1, 0.15) is 0 Å². The fourth-order valence-electron chi connectivity index (χ4n) is 6.90. The van der Waals surface area contributed by atoms with Gasteiger partial charge in [-0.3, -0.25) is 0 Å². The van der Waals surface area contributed by atoms with E-state index in [0.717, 1.165) is 0 Å². The van der Waals surface area contributed by atoms with Crippen LogP contribution in [-0.4, -0.2) is 0 Å². The second-order valence-electron chi connectivity index (χ2n) is 12.0. The summed E-state index contributed by atoms with van der Waals surface area (Å²) in [7, 11) is 0. The number of aryl methyl sites for hydroxylation is 2. The smallest absolute Gasteiger partial charge is 0.0349 e. The summed E-state index contributed by atoms with van der Waals surface area (Å²) in [6.07, 6.45) is 24.4. The van der Waals surface area contributed by atoms with Crippen LogP contribution in [0.15, 0.2) is 47.2 Å². The first kappa shape index (κ1) is 29.6. The zero-order valence-electron chi connectivity index (χ0n) is 25.2. The molecule has 0 nitrogen and oxygen atoms in total. The minimum atomic E-state index is 1.20. The van der Waals surface area contributed by atoms with Gasteiger partial charge in [-0.1, -0.05) is 116 Å². The van der Waals surface area contributed by atoms with Crippen LogP contribution >= 0.6 is 22.7 Å². The van der Waals surface area contributed by atoms with Crippen LogP contribution < -0.4 is 0 Å². The fourth-order valence-corrected chi connectivity index (χ4v) is 8.49. The third kappa shape index (κ3) is 6.93. The van der Waals surface area contributed by atoms with E-state index in [0.29, 0.717) is 0 Å². The minimum absolute atomic E-state index is 1.20. The Hall–Kier alpha value is -1.90. The van der Waals surface area contributed by atoms with E-state index in [1.165, 1.54) is 147 Å². The molecule has 0 atom stereocenters. The number of rotatable bonds is 18. The third-order valence-electron chi connectivity index (χ3n) is 9.08. The predicted molar refractivity (Wildman–Crippen MR) is 185 cm³/mol. The van der Waals surface area contributed by atoms with Crippen molar-refractivity contribution >= 4 is 64.4 Å². The van der Waals surface area contributed by atoms with Crippen LogP contribution in [0.5, 0.6) is 0 Å². The average molecular weight is 571 g/mol. The molecule has 0 aliphatic heterocycles. The molecule has 214 valence electrons. The molecule has 0 fully saturated rings. The summed E-state index contributed by atoms with van der Waals surface area (Å²) >= 11 is 3.81. The quantitative estimate of drug-likeness (QED) is 0.0726. The Labute approximate surface area is 251 Å². The molecular formula is C38H50S2. The summed E-state index contributed by atoms with van der Waals surface area (Å²) in [5.74, 6) is 0. The second kappa shape index (κ2) is 15.4. The third-order valence-corrected chi connectivity index (χ3v) is 10.8. The van der Waals surface area contributed by atoms with Crippen molar-refractivity contribution in [2.75, 3.05) is 0 Å². The van der Waals surface area contributed by atoms with Gasteiger partial charge >= 0.3 is 0 Å². The molecule has 0 N–H and O–H groups in total. The molecule has 0 radical (unpaired) electrons. The van der Waals surface area contributed by atoms with Gasteiger partial charge in [0.2, 0.25) is 0 Å². The molecule has 5 aromatic rings. The van der Waals surface area contributed by atoms with Gasteiger partial charge in [0.15, 0.2) is 0 Å². The number of thiophene rings is 2. The van der Waals surface area contributed by atoms with Gasteiger partial charge in [-0.25, -0.2) is 0 Å². The van der Waals surface area contributed by atoms with Crippen molar-refractivity contribution < 1.29 is 0 Å². The summed E-state index contributed by atoms with van der Waals surface area (Å²) in [5, 5.41) is 13.8. The van der Waals surface area contributed by atoms with E-state index in [-0.39, 0.29) is 0 Å². The largest absolute Gasteiger partial charge is 0.144 e. The maximum atomic E-state index is 2.47. The molecule has 0 aliphatic carbocycles. The van der Waals surface area contributed by atoms with E-state index in [9.17, 15) is 0 Å². The van der Waals surface area contributed by atoms with Crippen molar-refractivity contribution in [1.82, 2.24) is 0 Å². The van der Waals surface area contributed by atoms with Gasteiger partial charge < -0.3 is 0 Å². The second-order valence-corrected chi connectivity index (χ2v) is 13.9. The first-order valence-electron chi connectivity index (χ1n) is 16.6. The number of hydrogen-bond donors (Lipinski definition) is 0. The van der Waals surface area contributed by atoms with Crippen molar-refractivity contribution in [3.63, 3.8) is 0 Å². The summed E-state index contributed by atoms with van der Waals surface area (Å²) in [6.45, 7) is 4.62. The molecule has 2 heteroatoms. The Morgan fingerprint density at radius 3 is 1.25 bits per heavy atom. The highest BCUT2D eigenvalue weighted by atomic mass is 32.1. The zero-order valence-corrected chi connectivity index (χ0v) is 26.8. The predicted octanol–water partition coefficient (Wildman–Crippen LogP) is 13.8. The normalized spacial score (nSPS) is 12.1. The summed E-state index contributed by atoms with van der Waals surface area (Å²) in [6, 6.07) is 14.5. The molecular weight excluding hydrogens is 521 g/mol. The lowest BCUT2D eigenvalue weighted by atomic mass is 9.85. The van der Waals surface area contributed by atoms with Gasteiger partial charge in [0.25, 0.3) is 0 Å². The van der Waals surface area contributed by atoms with E-state index in [1.54, 1.807) is 21.9 Å². The molecule has 3 aromatic carbocycles. The van der Waals surface area contributed by atoms with Crippen LogP contribution in [-0.2, 0) is 12.8 Å². The van der Waals surface area contributed by atoms with Gasteiger partial charge in [0.05, 0.1) is 0 Å². The Morgan fingerprint density at radius 1 is 0.400 bits per heavy atom. The van der Waals surface area contributed by atoms with E-state index < -0.39 is 0 Å².